The molecule has 8 heteroatoms. The molecule has 1 aromatic carbocycles. The number of benzene rings is 1. The number of rotatable bonds is 3. The molecule has 1 aliphatic rings. The number of carbonyl (C=O) groups is 1. The van der Waals surface area contributed by atoms with Crippen LogP contribution in [-0.4, -0.2) is 25.0 Å². The standard InChI is InChI=1S/C20H15FN4OS2/c1-12-17(13(2)25(23-12)15-7-5-14(21)6-8-15)10-18-19(26)24(20(27)28-18)16-4-3-9-22-11-16/h3-11H,1-2H3. The van der Waals surface area contributed by atoms with Crippen LogP contribution in [-0.2, 0) is 4.79 Å². The van der Waals surface area contributed by atoms with E-state index in [4.69, 9.17) is 12.2 Å². The van der Waals surface area contributed by atoms with Crippen molar-refractivity contribution in [3.63, 3.8) is 0 Å². The summed E-state index contributed by atoms with van der Waals surface area (Å²) in [4.78, 5) is 19.0. The largest absolute Gasteiger partial charge is 0.270 e. The Balaban J connectivity index is 1.71. The van der Waals surface area contributed by atoms with Crippen molar-refractivity contribution in [2.24, 2.45) is 0 Å². The lowest BCUT2D eigenvalue weighted by Crippen LogP contribution is -2.27. The maximum atomic E-state index is 13.2. The molecule has 5 nitrogen and oxygen atoms in total. The van der Waals surface area contributed by atoms with Gasteiger partial charge in [-0.25, -0.2) is 9.07 Å². The third-order valence-corrected chi connectivity index (χ3v) is 5.69. The Morgan fingerprint density at radius 2 is 1.89 bits per heavy atom. The number of thiocarbonyl (C=S) groups is 1. The fraction of sp³-hybridized carbons (Fsp3) is 0.100. The molecule has 0 bridgehead atoms. The summed E-state index contributed by atoms with van der Waals surface area (Å²) in [5.74, 6) is -0.485. The first-order chi connectivity index (χ1) is 13.5. The maximum Gasteiger partial charge on any atom is 0.270 e. The summed E-state index contributed by atoms with van der Waals surface area (Å²) >= 11 is 6.65. The number of amides is 1. The molecule has 0 spiro atoms. The van der Waals surface area contributed by atoms with Gasteiger partial charge in [-0.3, -0.25) is 14.7 Å². The topological polar surface area (TPSA) is 51.0 Å². The number of nitrogens with zero attached hydrogens (tertiary/aromatic N) is 4. The first-order valence-electron chi connectivity index (χ1n) is 8.46. The molecule has 3 heterocycles. The van der Waals surface area contributed by atoms with Gasteiger partial charge in [0.15, 0.2) is 4.32 Å². The maximum absolute atomic E-state index is 13.2. The number of thioether (sulfide) groups is 1. The van der Waals surface area contributed by atoms with Crippen molar-refractivity contribution in [2.75, 3.05) is 4.90 Å². The highest BCUT2D eigenvalue weighted by Gasteiger charge is 2.33. The molecule has 2 aromatic heterocycles. The summed E-state index contributed by atoms with van der Waals surface area (Å²) < 4.78 is 15.4. The quantitative estimate of drug-likeness (QED) is 0.472. The van der Waals surface area contributed by atoms with E-state index >= 15 is 0 Å². The minimum atomic E-state index is -0.301. The van der Waals surface area contributed by atoms with Crippen LogP contribution in [0.15, 0.2) is 53.7 Å². The van der Waals surface area contributed by atoms with E-state index in [1.54, 1.807) is 41.3 Å². The van der Waals surface area contributed by atoms with Gasteiger partial charge in [-0.05, 0) is 56.3 Å². The summed E-state index contributed by atoms with van der Waals surface area (Å²) in [5, 5.41) is 4.55. The Hall–Kier alpha value is -2.84. The average molecular weight is 410 g/mol. The average Bonchev–Trinajstić information content (AvgIpc) is 3.13. The zero-order valence-corrected chi connectivity index (χ0v) is 16.7. The van der Waals surface area contributed by atoms with Gasteiger partial charge in [0.25, 0.3) is 5.91 Å². The first-order valence-corrected chi connectivity index (χ1v) is 9.68. The lowest BCUT2D eigenvalue weighted by atomic mass is 10.1. The highest BCUT2D eigenvalue weighted by Crippen LogP contribution is 2.36. The zero-order chi connectivity index (χ0) is 19.8. The van der Waals surface area contributed by atoms with Crippen molar-refractivity contribution in [3.8, 4) is 5.69 Å². The Labute approximate surface area is 170 Å². The van der Waals surface area contributed by atoms with E-state index in [1.165, 1.54) is 28.8 Å². The number of aryl methyl sites for hydroxylation is 1. The van der Waals surface area contributed by atoms with E-state index < -0.39 is 0 Å². The van der Waals surface area contributed by atoms with E-state index in [2.05, 4.69) is 10.1 Å². The zero-order valence-electron chi connectivity index (χ0n) is 15.1. The van der Waals surface area contributed by atoms with Gasteiger partial charge < -0.3 is 0 Å². The second-order valence-electron chi connectivity index (χ2n) is 6.20. The van der Waals surface area contributed by atoms with Crippen LogP contribution >= 0.6 is 24.0 Å². The smallest absolute Gasteiger partial charge is 0.268 e. The summed E-state index contributed by atoms with van der Waals surface area (Å²) in [7, 11) is 0. The lowest BCUT2D eigenvalue weighted by molar-refractivity contribution is -0.113. The molecule has 28 heavy (non-hydrogen) atoms. The minimum Gasteiger partial charge on any atom is -0.268 e. The highest BCUT2D eigenvalue weighted by atomic mass is 32.2. The summed E-state index contributed by atoms with van der Waals surface area (Å²) in [6.45, 7) is 3.79. The molecule has 1 amide bonds. The molecule has 1 saturated heterocycles. The number of pyridine rings is 1. The molecule has 0 N–H and O–H groups in total. The van der Waals surface area contributed by atoms with E-state index in [0.29, 0.717) is 14.9 Å². The summed E-state index contributed by atoms with van der Waals surface area (Å²) in [6.07, 6.45) is 5.07. The van der Waals surface area contributed by atoms with Crippen molar-refractivity contribution < 1.29 is 9.18 Å². The fourth-order valence-corrected chi connectivity index (χ4v) is 4.29. The normalized spacial score (nSPS) is 15.7. The van der Waals surface area contributed by atoms with Crippen LogP contribution in [0.4, 0.5) is 10.1 Å². The van der Waals surface area contributed by atoms with Crippen molar-refractivity contribution in [2.45, 2.75) is 13.8 Å². The molecule has 0 unspecified atom stereocenters. The number of aromatic nitrogens is 3. The number of carbonyl (C=O) groups excluding carboxylic acids is 1. The molecule has 0 atom stereocenters. The second-order valence-corrected chi connectivity index (χ2v) is 7.88. The van der Waals surface area contributed by atoms with Crippen LogP contribution in [0.25, 0.3) is 11.8 Å². The van der Waals surface area contributed by atoms with Gasteiger partial charge in [0.1, 0.15) is 5.82 Å². The molecule has 1 aliphatic heterocycles. The van der Waals surface area contributed by atoms with Gasteiger partial charge in [0.05, 0.1) is 28.2 Å². The number of halogens is 1. The number of anilines is 1. The van der Waals surface area contributed by atoms with Gasteiger partial charge in [0.2, 0.25) is 0 Å². The Morgan fingerprint density at radius 1 is 1.14 bits per heavy atom. The van der Waals surface area contributed by atoms with Gasteiger partial charge >= 0.3 is 0 Å². The third-order valence-electron chi connectivity index (χ3n) is 4.39. The molecular weight excluding hydrogens is 395 g/mol. The Kier molecular flexibility index (Phi) is 4.82. The molecule has 0 saturated carbocycles. The van der Waals surface area contributed by atoms with E-state index in [9.17, 15) is 9.18 Å². The van der Waals surface area contributed by atoms with Crippen molar-refractivity contribution in [3.05, 3.63) is 76.5 Å². The second kappa shape index (κ2) is 7.29. The van der Waals surface area contributed by atoms with Crippen LogP contribution < -0.4 is 4.90 Å². The lowest BCUT2D eigenvalue weighted by Gasteiger charge is -2.13. The van der Waals surface area contributed by atoms with Crippen molar-refractivity contribution in [1.29, 1.82) is 0 Å². The summed E-state index contributed by atoms with van der Waals surface area (Å²) in [5.41, 5.74) is 3.87. The minimum absolute atomic E-state index is 0.184. The van der Waals surface area contributed by atoms with E-state index in [0.717, 1.165) is 22.6 Å². The molecule has 1 fully saturated rings. The molecule has 140 valence electrons. The summed E-state index contributed by atoms with van der Waals surface area (Å²) in [6, 6.07) is 9.68. The van der Waals surface area contributed by atoms with E-state index in [-0.39, 0.29) is 11.7 Å². The van der Waals surface area contributed by atoms with Gasteiger partial charge in [0, 0.05) is 17.5 Å². The van der Waals surface area contributed by atoms with Crippen LogP contribution in [0.3, 0.4) is 0 Å². The SMILES string of the molecule is Cc1nn(-c2ccc(F)cc2)c(C)c1C=C1SC(=S)N(c2cccnc2)C1=O. The van der Waals surface area contributed by atoms with Crippen LogP contribution in [0, 0.1) is 19.7 Å². The monoisotopic (exact) mass is 410 g/mol. The number of hydrogen-bond donors (Lipinski definition) is 0. The fourth-order valence-electron chi connectivity index (χ4n) is 3.00. The molecule has 4 rings (SSSR count). The van der Waals surface area contributed by atoms with Crippen LogP contribution in [0.2, 0.25) is 0 Å². The molecule has 0 aliphatic carbocycles. The Morgan fingerprint density at radius 3 is 2.57 bits per heavy atom. The van der Waals surface area contributed by atoms with Gasteiger partial charge in [-0.1, -0.05) is 24.0 Å². The predicted octanol–water partition coefficient (Wildman–Crippen LogP) is 4.43. The van der Waals surface area contributed by atoms with Crippen LogP contribution in [0.1, 0.15) is 17.0 Å². The van der Waals surface area contributed by atoms with Crippen molar-refractivity contribution >= 4 is 46.0 Å². The molecule has 0 radical (unpaired) electrons. The Bertz CT molecular complexity index is 1110. The van der Waals surface area contributed by atoms with Gasteiger partial charge in [-0.2, -0.15) is 5.10 Å². The highest BCUT2D eigenvalue weighted by molar-refractivity contribution is 8.27. The predicted molar refractivity (Wildman–Crippen MR) is 113 cm³/mol. The first kappa shape index (κ1) is 18.5. The van der Waals surface area contributed by atoms with E-state index in [1.807, 2.05) is 19.9 Å². The van der Waals surface area contributed by atoms with Crippen LogP contribution in [0.5, 0.6) is 0 Å². The third kappa shape index (κ3) is 3.25. The number of hydrogen-bond acceptors (Lipinski definition) is 5. The molecular formula is C20H15FN4OS2. The van der Waals surface area contributed by atoms with Crippen molar-refractivity contribution in [1.82, 2.24) is 14.8 Å². The van der Waals surface area contributed by atoms with Gasteiger partial charge in [-0.15, -0.1) is 0 Å². The molecule has 3 aromatic rings.